The molecule has 10 nitrogen and oxygen atoms in total. The van der Waals surface area contributed by atoms with Crippen LogP contribution in [0.25, 0.3) is 16.6 Å². The molecule has 0 saturated carbocycles. The number of anilines is 1. The number of urea groups is 1. The molecule has 0 spiro atoms. The molecule has 1 saturated heterocycles. The van der Waals surface area contributed by atoms with E-state index in [2.05, 4.69) is 15.6 Å². The van der Waals surface area contributed by atoms with E-state index in [4.69, 9.17) is 14.5 Å². The van der Waals surface area contributed by atoms with Crippen LogP contribution < -0.4 is 15.5 Å². The maximum Gasteiger partial charge on any atom is 0.410 e. The van der Waals surface area contributed by atoms with Crippen molar-refractivity contribution < 1.29 is 19.1 Å². The standard InChI is InChI=1S/C26H32N6O4/c1-26(2,3)36-25(34)31-11-9-18(10-12-31)32-23-17(15-29-24(32)33)14-27-20-7-6-19(30-22(20)23)16-5-8-21(35-4)28-13-16/h5-8,13-14,18,21,28H,9-12,15H2,1-4H3,(H,29,33). The van der Waals surface area contributed by atoms with Gasteiger partial charge in [-0.1, -0.05) is 6.08 Å². The lowest BCUT2D eigenvalue weighted by Gasteiger charge is -2.41. The van der Waals surface area contributed by atoms with Gasteiger partial charge in [0.25, 0.3) is 0 Å². The molecule has 0 radical (unpaired) electrons. The van der Waals surface area contributed by atoms with E-state index in [0.29, 0.717) is 38.0 Å². The molecular formula is C26H32N6O4. The molecule has 36 heavy (non-hydrogen) atoms. The van der Waals surface area contributed by atoms with Crippen LogP contribution in [0.3, 0.4) is 0 Å². The predicted octanol–water partition coefficient (Wildman–Crippen LogP) is 3.53. The third-order valence-electron chi connectivity index (χ3n) is 6.54. The van der Waals surface area contributed by atoms with E-state index < -0.39 is 5.60 Å². The first-order chi connectivity index (χ1) is 17.2. The summed E-state index contributed by atoms with van der Waals surface area (Å²) in [5.74, 6) is 0. The Morgan fingerprint density at radius 1 is 1.19 bits per heavy atom. The van der Waals surface area contributed by atoms with E-state index in [0.717, 1.165) is 28.0 Å². The zero-order chi connectivity index (χ0) is 25.4. The van der Waals surface area contributed by atoms with E-state index in [-0.39, 0.29) is 24.4 Å². The van der Waals surface area contributed by atoms with Gasteiger partial charge in [0.2, 0.25) is 0 Å². The third kappa shape index (κ3) is 4.73. The van der Waals surface area contributed by atoms with Crippen LogP contribution in [0.1, 0.15) is 44.9 Å². The number of ether oxygens (including phenoxy) is 2. The van der Waals surface area contributed by atoms with Crippen molar-refractivity contribution >= 4 is 34.4 Å². The Labute approximate surface area is 210 Å². The monoisotopic (exact) mass is 492 g/mol. The second-order valence-corrected chi connectivity index (χ2v) is 10.2. The number of hydrogen-bond acceptors (Lipinski definition) is 7. The molecule has 2 N–H and O–H groups in total. The van der Waals surface area contributed by atoms with Crippen LogP contribution in [0, 0.1) is 0 Å². The zero-order valence-electron chi connectivity index (χ0n) is 21.1. The first-order valence-corrected chi connectivity index (χ1v) is 12.2. The minimum absolute atomic E-state index is 0.0725. The van der Waals surface area contributed by atoms with Gasteiger partial charge in [-0.2, -0.15) is 0 Å². The number of allylic oxidation sites excluding steroid dienone is 2. The molecule has 1 atom stereocenters. The van der Waals surface area contributed by atoms with Crippen molar-refractivity contribution in [1.82, 2.24) is 25.5 Å². The molecule has 190 valence electrons. The van der Waals surface area contributed by atoms with Gasteiger partial charge in [-0.3, -0.25) is 9.88 Å². The number of likely N-dealkylation sites (tertiary alicyclic amines) is 1. The highest BCUT2D eigenvalue weighted by atomic mass is 16.6. The Bertz CT molecular complexity index is 1240. The average Bonchev–Trinajstić information content (AvgIpc) is 2.87. The molecule has 5 heterocycles. The van der Waals surface area contributed by atoms with Crippen molar-refractivity contribution in [1.29, 1.82) is 0 Å². The SMILES string of the molecule is COC1C=CC(c2ccc3ncc4c(c3n2)N(C2CCN(C(=O)OC(C)(C)C)CC2)C(=O)NC4)=CN1. The molecule has 3 aliphatic heterocycles. The van der Waals surface area contributed by atoms with Gasteiger partial charge in [0, 0.05) is 56.3 Å². The van der Waals surface area contributed by atoms with Crippen LogP contribution in [0.15, 0.2) is 36.7 Å². The van der Waals surface area contributed by atoms with Crippen LogP contribution in [-0.2, 0) is 16.0 Å². The summed E-state index contributed by atoms with van der Waals surface area (Å²) in [5.41, 5.74) is 4.29. The van der Waals surface area contributed by atoms with Crippen molar-refractivity contribution in [3.8, 4) is 0 Å². The molecular weight excluding hydrogens is 460 g/mol. The molecule has 1 fully saturated rings. The summed E-state index contributed by atoms with van der Waals surface area (Å²) in [7, 11) is 1.64. The number of rotatable bonds is 3. The molecule has 10 heteroatoms. The maximum absolute atomic E-state index is 13.2. The minimum atomic E-state index is -0.544. The van der Waals surface area contributed by atoms with Gasteiger partial charge in [-0.25, -0.2) is 14.6 Å². The van der Waals surface area contributed by atoms with Crippen molar-refractivity contribution in [2.45, 2.75) is 58.0 Å². The maximum atomic E-state index is 13.2. The summed E-state index contributed by atoms with van der Waals surface area (Å²) in [6, 6.07) is 3.64. The lowest BCUT2D eigenvalue weighted by molar-refractivity contribution is 0.0206. The van der Waals surface area contributed by atoms with E-state index in [1.54, 1.807) is 12.0 Å². The van der Waals surface area contributed by atoms with Crippen LogP contribution >= 0.6 is 0 Å². The quantitative estimate of drug-likeness (QED) is 0.675. The number of aromatic nitrogens is 2. The second kappa shape index (κ2) is 9.42. The highest BCUT2D eigenvalue weighted by Gasteiger charge is 2.36. The molecule has 0 aromatic carbocycles. The molecule has 3 aliphatic rings. The van der Waals surface area contributed by atoms with Crippen molar-refractivity contribution in [2.24, 2.45) is 0 Å². The van der Waals surface area contributed by atoms with Crippen LogP contribution in [0.4, 0.5) is 15.3 Å². The first-order valence-electron chi connectivity index (χ1n) is 12.2. The number of dihydropyridines is 1. The minimum Gasteiger partial charge on any atom is -0.444 e. The van der Waals surface area contributed by atoms with Crippen molar-refractivity contribution in [2.75, 3.05) is 25.1 Å². The number of nitrogens with zero attached hydrogens (tertiary/aromatic N) is 4. The molecule has 0 bridgehead atoms. The normalized spacial score (nSPS) is 20.5. The van der Waals surface area contributed by atoms with Crippen LogP contribution in [0.2, 0.25) is 0 Å². The van der Waals surface area contributed by atoms with E-state index in [9.17, 15) is 9.59 Å². The third-order valence-corrected chi connectivity index (χ3v) is 6.54. The molecule has 5 rings (SSSR count). The largest absolute Gasteiger partial charge is 0.444 e. The molecule has 2 aromatic heterocycles. The lowest BCUT2D eigenvalue weighted by Crippen LogP contribution is -2.54. The number of carbonyl (C=O) groups is 2. The number of piperidine rings is 1. The Morgan fingerprint density at radius 2 is 1.97 bits per heavy atom. The summed E-state index contributed by atoms with van der Waals surface area (Å²) in [4.78, 5) is 38.8. The van der Waals surface area contributed by atoms with E-state index >= 15 is 0 Å². The lowest BCUT2D eigenvalue weighted by atomic mass is 10.00. The molecule has 1 unspecified atom stereocenters. The van der Waals surface area contributed by atoms with Crippen LogP contribution in [0.5, 0.6) is 0 Å². The number of carbonyl (C=O) groups excluding carboxylic acids is 2. The number of nitrogens with one attached hydrogen (secondary N) is 2. The van der Waals surface area contributed by atoms with E-state index in [1.165, 1.54) is 0 Å². The Kier molecular flexibility index (Phi) is 6.29. The van der Waals surface area contributed by atoms with Gasteiger partial charge >= 0.3 is 12.1 Å². The molecule has 2 aromatic rings. The van der Waals surface area contributed by atoms with Gasteiger partial charge in [0.1, 0.15) is 17.3 Å². The Balaban J connectivity index is 1.44. The average molecular weight is 493 g/mol. The van der Waals surface area contributed by atoms with E-state index in [1.807, 2.05) is 62.4 Å². The predicted molar refractivity (Wildman–Crippen MR) is 136 cm³/mol. The first kappa shape index (κ1) is 24.1. The summed E-state index contributed by atoms with van der Waals surface area (Å²) >= 11 is 0. The summed E-state index contributed by atoms with van der Waals surface area (Å²) in [6.07, 6.45) is 8.39. The summed E-state index contributed by atoms with van der Waals surface area (Å²) in [5, 5.41) is 6.15. The van der Waals surface area contributed by atoms with Gasteiger partial charge in [-0.05, 0) is 51.8 Å². The number of methoxy groups -OCH3 is 1. The van der Waals surface area contributed by atoms with Crippen LogP contribution in [-0.4, -0.2) is 65.1 Å². The molecule has 0 aliphatic carbocycles. The highest BCUT2D eigenvalue weighted by Crippen LogP contribution is 2.35. The molecule has 3 amide bonds. The van der Waals surface area contributed by atoms with Gasteiger partial charge < -0.3 is 25.0 Å². The fourth-order valence-corrected chi connectivity index (χ4v) is 4.76. The van der Waals surface area contributed by atoms with Gasteiger partial charge in [-0.15, -0.1) is 0 Å². The van der Waals surface area contributed by atoms with Gasteiger partial charge in [0.15, 0.2) is 0 Å². The number of fused-ring (bicyclic) bond motifs is 3. The fourth-order valence-electron chi connectivity index (χ4n) is 4.76. The fraction of sp³-hybridized carbons (Fsp3) is 0.462. The summed E-state index contributed by atoms with van der Waals surface area (Å²) in [6.45, 7) is 7.01. The highest BCUT2D eigenvalue weighted by molar-refractivity contribution is 6.04. The Hall–Kier alpha value is -3.66. The smallest absolute Gasteiger partial charge is 0.410 e. The van der Waals surface area contributed by atoms with Crippen molar-refractivity contribution in [3.05, 3.63) is 47.9 Å². The number of hydrogen-bond donors (Lipinski definition) is 2. The Morgan fingerprint density at radius 3 is 2.64 bits per heavy atom. The zero-order valence-corrected chi connectivity index (χ0v) is 21.1. The topological polar surface area (TPSA) is 109 Å². The summed E-state index contributed by atoms with van der Waals surface area (Å²) < 4.78 is 10.8. The second-order valence-electron chi connectivity index (χ2n) is 10.2. The number of pyridine rings is 2. The number of amides is 3. The van der Waals surface area contributed by atoms with Crippen molar-refractivity contribution in [3.63, 3.8) is 0 Å². The van der Waals surface area contributed by atoms with Gasteiger partial charge in [0.05, 0.1) is 16.9 Å².